The van der Waals surface area contributed by atoms with Crippen LogP contribution in [0.3, 0.4) is 0 Å². The highest BCUT2D eigenvalue weighted by Crippen LogP contribution is 2.48. The monoisotopic (exact) mass is 551 g/mol. The van der Waals surface area contributed by atoms with E-state index in [1.165, 1.54) is 25.2 Å². The summed E-state index contributed by atoms with van der Waals surface area (Å²) in [7, 11) is 4.60. The minimum Gasteiger partial charge on any atom is -0.495 e. The van der Waals surface area contributed by atoms with Crippen molar-refractivity contribution in [3.63, 3.8) is 0 Å². The van der Waals surface area contributed by atoms with Crippen molar-refractivity contribution in [2.24, 2.45) is 0 Å². The Kier molecular flexibility index (Phi) is 7.81. The molecular weight excluding hydrogens is 525 g/mol. The third kappa shape index (κ3) is 5.17. The van der Waals surface area contributed by atoms with Crippen molar-refractivity contribution in [3.05, 3.63) is 40.5 Å². The van der Waals surface area contributed by atoms with Crippen LogP contribution in [-0.2, 0) is 16.1 Å². The zero-order valence-corrected chi connectivity index (χ0v) is 21.9. The Balaban J connectivity index is 1.63. The number of benzene rings is 1. The van der Waals surface area contributed by atoms with Crippen LogP contribution in [-0.4, -0.2) is 73.1 Å². The van der Waals surface area contributed by atoms with Crippen molar-refractivity contribution in [2.45, 2.75) is 31.4 Å². The van der Waals surface area contributed by atoms with E-state index in [0.29, 0.717) is 28.6 Å². The first-order valence-corrected chi connectivity index (χ1v) is 12.0. The number of carbonyl (C=O) groups excluding carboxylic acids is 2. The lowest BCUT2D eigenvalue weighted by atomic mass is 10.0. The molecule has 1 fully saturated rings. The molecule has 198 valence electrons. The van der Waals surface area contributed by atoms with Gasteiger partial charge in [-0.15, -0.1) is 0 Å². The molecule has 1 aromatic carbocycles. The van der Waals surface area contributed by atoms with Crippen LogP contribution in [0.25, 0.3) is 0 Å². The summed E-state index contributed by atoms with van der Waals surface area (Å²) < 4.78 is 10.7. The molecule has 2 amide bonds. The van der Waals surface area contributed by atoms with Crippen LogP contribution in [0.5, 0.6) is 11.5 Å². The van der Waals surface area contributed by atoms with Gasteiger partial charge in [0.05, 0.1) is 38.5 Å². The highest BCUT2D eigenvalue weighted by Gasteiger charge is 2.36. The minimum atomic E-state index is -1.19. The van der Waals surface area contributed by atoms with Gasteiger partial charge in [0.25, 0.3) is 0 Å². The van der Waals surface area contributed by atoms with Crippen LogP contribution in [0.2, 0.25) is 10.0 Å². The summed E-state index contributed by atoms with van der Waals surface area (Å²) in [6.45, 7) is 3.90. The van der Waals surface area contributed by atoms with E-state index in [2.05, 4.69) is 32.5 Å². The smallest absolute Gasteiger partial charge is 0.243 e. The van der Waals surface area contributed by atoms with Crippen molar-refractivity contribution in [1.82, 2.24) is 20.6 Å². The van der Waals surface area contributed by atoms with E-state index in [1.54, 1.807) is 24.2 Å². The number of nitrogens with one attached hydrogen (secondary N) is 3. The number of aromatic nitrogens is 2. The van der Waals surface area contributed by atoms with Crippen molar-refractivity contribution in [2.75, 3.05) is 42.9 Å². The SMILES string of the molecule is C=CC(=O)NC1CNC(=O)CC1Nc1ncc2c(n1)N(C)C(O)N(c1c(Cl)c(OC)cc(OC)c1Cl)C2. The number of hydrogen-bond acceptors (Lipinski definition) is 10. The maximum absolute atomic E-state index is 12.0. The zero-order valence-electron chi connectivity index (χ0n) is 20.4. The standard InChI is InChI=1S/C23H27Cl2N7O5/c1-5-16(33)28-13-9-26-17(34)6-12(13)29-22-27-8-11-10-32(23(35)31(2)21(11)30-22)20-18(24)14(36-3)7-15(37-4)19(20)25/h5,7-8,12-13,23,35H,1,6,9-10H2,2-4H3,(H,26,34)(H,28,33)(H,27,29,30). The molecule has 14 heteroatoms. The topological polar surface area (TPSA) is 141 Å². The molecule has 37 heavy (non-hydrogen) atoms. The number of nitrogens with zero attached hydrogens (tertiary/aromatic N) is 4. The molecule has 0 saturated carbocycles. The van der Waals surface area contributed by atoms with Crippen LogP contribution in [0.4, 0.5) is 17.5 Å². The first-order valence-electron chi connectivity index (χ1n) is 11.3. The van der Waals surface area contributed by atoms with E-state index in [-0.39, 0.29) is 47.3 Å². The quantitative estimate of drug-likeness (QED) is 0.374. The highest BCUT2D eigenvalue weighted by molar-refractivity contribution is 6.41. The lowest BCUT2D eigenvalue weighted by molar-refractivity contribution is -0.124. The van der Waals surface area contributed by atoms with Crippen molar-refractivity contribution in [1.29, 1.82) is 0 Å². The molecule has 2 aromatic rings. The number of aliphatic hydroxyl groups excluding tert-OH is 1. The zero-order chi connectivity index (χ0) is 26.9. The Bertz CT molecular complexity index is 1200. The predicted octanol–water partition coefficient (Wildman–Crippen LogP) is 1.50. The van der Waals surface area contributed by atoms with Gasteiger partial charge < -0.3 is 40.3 Å². The average Bonchev–Trinajstić information content (AvgIpc) is 2.89. The second-order valence-corrected chi connectivity index (χ2v) is 9.22. The molecule has 4 rings (SSSR count). The first-order chi connectivity index (χ1) is 17.7. The van der Waals surface area contributed by atoms with Gasteiger partial charge in [0, 0.05) is 37.8 Å². The van der Waals surface area contributed by atoms with Gasteiger partial charge in [0.2, 0.25) is 24.1 Å². The van der Waals surface area contributed by atoms with Crippen LogP contribution in [0, 0.1) is 0 Å². The van der Waals surface area contributed by atoms with E-state index in [1.807, 2.05) is 0 Å². The number of halogens is 2. The summed E-state index contributed by atoms with van der Waals surface area (Å²) in [6.07, 6.45) is 1.70. The first kappa shape index (κ1) is 26.6. The number of methoxy groups -OCH3 is 2. The Morgan fingerprint density at radius 2 is 1.95 bits per heavy atom. The summed E-state index contributed by atoms with van der Waals surface area (Å²) >= 11 is 13.2. The van der Waals surface area contributed by atoms with Gasteiger partial charge in [0.1, 0.15) is 27.4 Å². The molecule has 0 radical (unpaired) electrons. The number of amides is 2. The van der Waals surface area contributed by atoms with E-state index in [4.69, 9.17) is 32.7 Å². The fourth-order valence-electron chi connectivity index (χ4n) is 4.28. The number of carbonyl (C=O) groups is 2. The Morgan fingerprint density at radius 3 is 2.57 bits per heavy atom. The Morgan fingerprint density at radius 1 is 1.27 bits per heavy atom. The normalized spacial score (nSPS) is 21.0. The summed E-state index contributed by atoms with van der Waals surface area (Å²) in [5, 5.41) is 20.3. The molecule has 3 atom stereocenters. The maximum atomic E-state index is 12.0. The molecule has 3 unspecified atom stereocenters. The Labute approximate surface area is 223 Å². The number of piperidine rings is 1. The van der Waals surface area contributed by atoms with E-state index >= 15 is 0 Å². The fourth-order valence-corrected chi connectivity index (χ4v) is 5.00. The number of ether oxygens (including phenoxy) is 2. The highest BCUT2D eigenvalue weighted by atomic mass is 35.5. The van der Waals surface area contributed by atoms with Gasteiger partial charge in [-0.25, -0.2) is 4.98 Å². The van der Waals surface area contributed by atoms with Crippen LogP contribution < -0.4 is 35.2 Å². The summed E-state index contributed by atoms with van der Waals surface area (Å²) in [5.74, 6) is 0.866. The second kappa shape index (κ2) is 10.9. The molecule has 0 spiro atoms. The number of fused-ring (bicyclic) bond motifs is 1. The predicted molar refractivity (Wildman–Crippen MR) is 139 cm³/mol. The number of aliphatic hydroxyl groups is 1. The summed E-state index contributed by atoms with van der Waals surface area (Å²) in [4.78, 5) is 35.9. The lowest BCUT2D eigenvalue weighted by Crippen LogP contribution is -2.58. The molecule has 12 nitrogen and oxygen atoms in total. The van der Waals surface area contributed by atoms with Crippen LogP contribution >= 0.6 is 23.2 Å². The largest absolute Gasteiger partial charge is 0.495 e. The lowest BCUT2D eigenvalue weighted by Gasteiger charge is -2.42. The van der Waals surface area contributed by atoms with Crippen molar-refractivity contribution in [3.8, 4) is 11.5 Å². The van der Waals surface area contributed by atoms with Gasteiger partial charge in [-0.2, -0.15) is 4.98 Å². The second-order valence-electron chi connectivity index (χ2n) is 8.46. The number of hydrogen-bond donors (Lipinski definition) is 4. The average molecular weight is 552 g/mol. The van der Waals surface area contributed by atoms with Gasteiger partial charge in [-0.3, -0.25) is 9.59 Å². The minimum absolute atomic E-state index is 0.115. The number of rotatable bonds is 7. The molecule has 2 aliphatic rings. The molecule has 1 aromatic heterocycles. The molecule has 3 heterocycles. The maximum Gasteiger partial charge on any atom is 0.243 e. The fraction of sp³-hybridized carbons (Fsp3) is 0.391. The molecule has 0 bridgehead atoms. The van der Waals surface area contributed by atoms with E-state index < -0.39 is 18.4 Å². The summed E-state index contributed by atoms with van der Waals surface area (Å²) in [6, 6.07) is 0.723. The van der Waals surface area contributed by atoms with E-state index in [0.717, 1.165) is 0 Å². The van der Waals surface area contributed by atoms with Gasteiger partial charge >= 0.3 is 0 Å². The van der Waals surface area contributed by atoms with Crippen LogP contribution in [0.1, 0.15) is 12.0 Å². The third-order valence-electron chi connectivity index (χ3n) is 6.22. The number of anilines is 3. The van der Waals surface area contributed by atoms with Crippen molar-refractivity contribution < 1.29 is 24.2 Å². The van der Waals surface area contributed by atoms with Gasteiger partial charge in [0.15, 0.2) is 0 Å². The van der Waals surface area contributed by atoms with E-state index in [9.17, 15) is 14.7 Å². The van der Waals surface area contributed by atoms with Gasteiger partial charge in [-0.1, -0.05) is 29.8 Å². The summed E-state index contributed by atoms with van der Waals surface area (Å²) in [5.41, 5.74) is 1.02. The Hall–Kier alpha value is -3.48. The molecular formula is C23H27Cl2N7O5. The third-order valence-corrected chi connectivity index (χ3v) is 6.95. The molecule has 0 aliphatic carbocycles. The molecule has 2 aliphatic heterocycles. The molecule has 4 N–H and O–H groups in total. The molecule has 1 saturated heterocycles. The van der Waals surface area contributed by atoms with Crippen molar-refractivity contribution >= 4 is 52.5 Å². The van der Waals surface area contributed by atoms with Crippen LogP contribution in [0.15, 0.2) is 24.9 Å². The van der Waals surface area contributed by atoms with Gasteiger partial charge in [-0.05, 0) is 6.08 Å².